The van der Waals surface area contributed by atoms with Crippen LogP contribution in [0.15, 0.2) is 35.3 Å². The average molecular weight is 403 g/mol. The molecular formula is C16H26IN3O. The van der Waals surface area contributed by atoms with E-state index in [0.29, 0.717) is 18.4 Å². The lowest BCUT2D eigenvalue weighted by Crippen LogP contribution is -2.44. The van der Waals surface area contributed by atoms with E-state index in [1.807, 2.05) is 0 Å². The van der Waals surface area contributed by atoms with E-state index in [-0.39, 0.29) is 30.0 Å². The molecule has 118 valence electrons. The van der Waals surface area contributed by atoms with E-state index in [1.165, 1.54) is 12.0 Å². The molecule has 1 aliphatic rings. The number of aliphatic imine (C=N–C) groups is 1. The highest BCUT2D eigenvalue weighted by Gasteiger charge is 2.37. The van der Waals surface area contributed by atoms with Crippen molar-refractivity contribution >= 4 is 29.9 Å². The number of hydrogen-bond donors (Lipinski definition) is 2. The lowest BCUT2D eigenvalue weighted by Gasteiger charge is -2.17. The number of benzene rings is 1. The number of methoxy groups -OCH3 is 1. The van der Waals surface area contributed by atoms with Gasteiger partial charge in [0.05, 0.1) is 6.61 Å². The van der Waals surface area contributed by atoms with Crippen LogP contribution in [-0.2, 0) is 4.74 Å². The SMILES string of the molecule is CN=C(NCC1CC1c1ccccc1)NC(C)COC.I. The highest BCUT2D eigenvalue weighted by molar-refractivity contribution is 14.0. The predicted molar refractivity (Wildman–Crippen MR) is 98.5 cm³/mol. The van der Waals surface area contributed by atoms with E-state index < -0.39 is 0 Å². The van der Waals surface area contributed by atoms with Gasteiger partial charge in [0.1, 0.15) is 0 Å². The van der Waals surface area contributed by atoms with Gasteiger partial charge in [-0.05, 0) is 30.7 Å². The van der Waals surface area contributed by atoms with Gasteiger partial charge in [-0.2, -0.15) is 0 Å². The van der Waals surface area contributed by atoms with Gasteiger partial charge in [0, 0.05) is 26.7 Å². The summed E-state index contributed by atoms with van der Waals surface area (Å²) in [6, 6.07) is 11.0. The van der Waals surface area contributed by atoms with E-state index in [2.05, 4.69) is 52.9 Å². The number of hydrogen-bond acceptors (Lipinski definition) is 2. The van der Waals surface area contributed by atoms with Crippen molar-refractivity contribution in [1.82, 2.24) is 10.6 Å². The first-order chi connectivity index (χ1) is 9.74. The third kappa shape index (κ3) is 5.82. The summed E-state index contributed by atoms with van der Waals surface area (Å²) in [5.41, 5.74) is 1.45. The molecule has 21 heavy (non-hydrogen) atoms. The zero-order valence-corrected chi connectivity index (χ0v) is 15.3. The van der Waals surface area contributed by atoms with E-state index in [0.717, 1.165) is 12.5 Å². The van der Waals surface area contributed by atoms with Crippen LogP contribution in [0.3, 0.4) is 0 Å². The molecule has 0 aliphatic heterocycles. The maximum Gasteiger partial charge on any atom is 0.191 e. The van der Waals surface area contributed by atoms with Gasteiger partial charge in [0.25, 0.3) is 0 Å². The summed E-state index contributed by atoms with van der Waals surface area (Å²) in [5, 5.41) is 6.72. The molecule has 1 saturated carbocycles. The predicted octanol–water partition coefficient (Wildman–Crippen LogP) is 2.61. The molecular weight excluding hydrogens is 377 g/mol. The molecule has 3 unspecified atom stereocenters. The Bertz CT molecular complexity index is 438. The zero-order valence-electron chi connectivity index (χ0n) is 13.0. The number of guanidine groups is 1. The Balaban J connectivity index is 0.00000220. The molecule has 0 amide bonds. The van der Waals surface area contributed by atoms with Crippen molar-refractivity contribution in [1.29, 1.82) is 0 Å². The standard InChI is InChI=1S/C16H25N3O.HI/c1-12(11-20-3)19-16(17-2)18-10-14-9-15(14)13-7-5-4-6-8-13;/h4-8,12,14-15H,9-11H2,1-3H3,(H2,17,18,19);1H. The Kier molecular flexibility index (Phi) is 8.03. The van der Waals surface area contributed by atoms with Crippen LogP contribution >= 0.6 is 24.0 Å². The highest BCUT2D eigenvalue weighted by Crippen LogP contribution is 2.46. The van der Waals surface area contributed by atoms with Gasteiger partial charge in [-0.3, -0.25) is 4.99 Å². The topological polar surface area (TPSA) is 45.7 Å². The van der Waals surface area contributed by atoms with Crippen LogP contribution < -0.4 is 10.6 Å². The Morgan fingerprint density at radius 3 is 2.71 bits per heavy atom. The molecule has 0 radical (unpaired) electrons. The van der Waals surface area contributed by atoms with Crippen molar-refractivity contribution in [3.05, 3.63) is 35.9 Å². The lowest BCUT2D eigenvalue weighted by molar-refractivity contribution is 0.179. The Morgan fingerprint density at radius 2 is 2.10 bits per heavy atom. The molecule has 2 N–H and O–H groups in total. The van der Waals surface area contributed by atoms with Gasteiger partial charge in [-0.1, -0.05) is 30.3 Å². The second kappa shape index (κ2) is 9.25. The van der Waals surface area contributed by atoms with Crippen LogP contribution in [0.5, 0.6) is 0 Å². The minimum absolute atomic E-state index is 0. The van der Waals surface area contributed by atoms with Crippen molar-refractivity contribution in [2.45, 2.75) is 25.3 Å². The average Bonchev–Trinajstić information content (AvgIpc) is 3.24. The molecule has 2 rings (SSSR count). The Morgan fingerprint density at radius 1 is 1.38 bits per heavy atom. The molecule has 0 saturated heterocycles. The van der Waals surface area contributed by atoms with Gasteiger partial charge >= 0.3 is 0 Å². The van der Waals surface area contributed by atoms with E-state index in [1.54, 1.807) is 14.2 Å². The summed E-state index contributed by atoms with van der Waals surface area (Å²) in [4.78, 5) is 4.25. The van der Waals surface area contributed by atoms with Crippen LogP contribution in [0.4, 0.5) is 0 Å². The molecule has 0 bridgehead atoms. The summed E-state index contributed by atoms with van der Waals surface area (Å²) in [7, 11) is 3.51. The summed E-state index contributed by atoms with van der Waals surface area (Å²) in [5.74, 6) is 2.28. The van der Waals surface area contributed by atoms with E-state index in [9.17, 15) is 0 Å². The summed E-state index contributed by atoms with van der Waals surface area (Å²) in [6.07, 6.45) is 1.27. The van der Waals surface area contributed by atoms with Crippen LogP contribution in [0, 0.1) is 5.92 Å². The highest BCUT2D eigenvalue weighted by atomic mass is 127. The van der Waals surface area contributed by atoms with Crippen LogP contribution in [-0.4, -0.2) is 39.3 Å². The molecule has 4 nitrogen and oxygen atoms in total. The fraction of sp³-hybridized carbons (Fsp3) is 0.562. The number of nitrogens with zero attached hydrogens (tertiary/aromatic N) is 1. The minimum Gasteiger partial charge on any atom is -0.383 e. The van der Waals surface area contributed by atoms with Crippen LogP contribution in [0.1, 0.15) is 24.8 Å². The monoisotopic (exact) mass is 403 g/mol. The van der Waals surface area contributed by atoms with Crippen molar-refractivity contribution < 1.29 is 4.74 Å². The number of ether oxygens (including phenoxy) is 1. The Labute approximate surface area is 144 Å². The maximum atomic E-state index is 5.12. The third-order valence-corrected chi connectivity index (χ3v) is 3.71. The molecule has 3 atom stereocenters. The third-order valence-electron chi connectivity index (χ3n) is 3.71. The van der Waals surface area contributed by atoms with E-state index >= 15 is 0 Å². The van der Waals surface area contributed by atoms with Crippen molar-refractivity contribution in [3.8, 4) is 0 Å². The van der Waals surface area contributed by atoms with Gasteiger partial charge in [-0.15, -0.1) is 24.0 Å². The second-order valence-electron chi connectivity index (χ2n) is 5.47. The van der Waals surface area contributed by atoms with Crippen molar-refractivity contribution in [3.63, 3.8) is 0 Å². The molecule has 0 spiro atoms. The molecule has 1 fully saturated rings. The van der Waals surface area contributed by atoms with Crippen molar-refractivity contribution in [2.24, 2.45) is 10.9 Å². The Hall–Kier alpha value is -0.820. The van der Waals surface area contributed by atoms with Gasteiger partial charge in [0.2, 0.25) is 0 Å². The fourth-order valence-electron chi connectivity index (χ4n) is 2.53. The number of nitrogens with one attached hydrogen (secondary N) is 2. The quantitative estimate of drug-likeness (QED) is 0.436. The first kappa shape index (κ1) is 18.2. The molecule has 1 aromatic rings. The lowest BCUT2D eigenvalue weighted by atomic mass is 10.1. The van der Waals surface area contributed by atoms with Crippen LogP contribution in [0.2, 0.25) is 0 Å². The fourth-order valence-corrected chi connectivity index (χ4v) is 2.53. The number of halogens is 1. The molecule has 1 aliphatic carbocycles. The molecule has 0 aromatic heterocycles. The summed E-state index contributed by atoms with van der Waals surface area (Å²) < 4.78 is 5.12. The number of rotatable bonds is 6. The molecule has 1 aromatic carbocycles. The maximum absolute atomic E-state index is 5.12. The first-order valence-corrected chi connectivity index (χ1v) is 7.25. The minimum atomic E-state index is 0. The molecule has 5 heteroatoms. The van der Waals surface area contributed by atoms with Gasteiger partial charge < -0.3 is 15.4 Å². The van der Waals surface area contributed by atoms with Gasteiger partial charge in [0.15, 0.2) is 5.96 Å². The molecule has 0 heterocycles. The largest absolute Gasteiger partial charge is 0.383 e. The normalized spacial score (nSPS) is 22.1. The van der Waals surface area contributed by atoms with Crippen LogP contribution in [0.25, 0.3) is 0 Å². The summed E-state index contributed by atoms with van der Waals surface area (Å²) >= 11 is 0. The van der Waals surface area contributed by atoms with Gasteiger partial charge in [-0.25, -0.2) is 0 Å². The van der Waals surface area contributed by atoms with E-state index in [4.69, 9.17) is 4.74 Å². The first-order valence-electron chi connectivity index (χ1n) is 7.25. The second-order valence-corrected chi connectivity index (χ2v) is 5.47. The van der Waals surface area contributed by atoms with Crippen molar-refractivity contribution in [2.75, 3.05) is 27.3 Å². The zero-order chi connectivity index (χ0) is 14.4. The smallest absolute Gasteiger partial charge is 0.191 e. The summed E-state index contributed by atoms with van der Waals surface area (Å²) in [6.45, 7) is 3.73.